The highest BCUT2D eigenvalue weighted by Gasteiger charge is 2.24. The van der Waals surface area contributed by atoms with Crippen LogP contribution in [-0.4, -0.2) is 42.4 Å². The molecule has 0 radical (unpaired) electrons. The lowest BCUT2D eigenvalue weighted by atomic mass is 10.1. The van der Waals surface area contributed by atoms with Crippen LogP contribution in [0.15, 0.2) is 46.9 Å². The second-order valence-corrected chi connectivity index (χ2v) is 7.70. The molecule has 2 aromatic rings. The predicted octanol–water partition coefficient (Wildman–Crippen LogP) is 4.05. The van der Waals surface area contributed by atoms with Gasteiger partial charge in [0.05, 0.1) is 11.3 Å². The van der Waals surface area contributed by atoms with Gasteiger partial charge in [-0.05, 0) is 62.3 Å². The maximum Gasteiger partial charge on any atom is 0.255 e. The monoisotopic (exact) mass is 447 g/mol. The van der Waals surface area contributed by atoms with Crippen molar-refractivity contribution >= 4 is 33.4 Å². The Labute approximate surface area is 172 Å². The van der Waals surface area contributed by atoms with E-state index in [-0.39, 0.29) is 17.2 Å². The van der Waals surface area contributed by atoms with Gasteiger partial charge < -0.3 is 10.6 Å². The van der Waals surface area contributed by atoms with E-state index in [0.717, 1.165) is 30.4 Å². The molecular formula is C21H23BrFN3O2. The van der Waals surface area contributed by atoms with Gasteiger partial charge in [0.15, 0.2) is 0 Å². The van der Waals surface area contributed by atoms with Crippen molar-refractivity contribution in [3.63, 3.8) is 0 Å². The second kappa shape index (κ2) is 9.30. The summed E-state index contributed by atoms with van der Waals surface area (Å²) in [4.78, 5) is 27.5. The Kier molecular flexibility index (Phi) is 6.80. The van der Waals surface area contributed by atoms with E-state index in [0.29, 0.717) is 18.2 Å². The minimum absolute atomic E-state index is 0.154. The van der Waals surface area contributed by atoms with Gasteiger partial charge >= 0.3 is 0 Å². The number of anilines is 1. The van der Waals surface area contributed by atoms with Gasteiger partial charge in [0.25, 0.3) is 11.8 Å². The summed E-state index contributed by atoms with van der Waals surface area (Å²) in [7, 11) is 0. The first kappa shape index (κ1) is 20.5. The van der Waals surface area contributed by atoms with Crippen molar-refractivity contribution in [2.75, 3.05) is 25.0 Å². The van der Waals surface area contributed by atoms with Crippen LogP contribution in [0.2, 0.25) is 0 Å². The summed E-state index contributed by atoms with van der Waals surface area (Å²) in [6.45, 7) is 4.63. The number of likely N-dealkylation sites (tertiary alicyclic amines) is 1. The fraction of sp³-hybridized carbons (Fsp3) is 0.333. The Balaban J connectivity index is 1.73. The van der Waals surface area contributed by atoms with Gasteiger partial charge in [-0.3, -0.25) is 14.5 Å². The van der Waals surface area contributed by atoms with Crippen LogP contribution in [0, 0.1) is 5.82 Å². The molecule has 0 bridgehead atoms. The molecule has 2 aromatic carbocycles. The smallest absolute Gasteiger partial charge is 0.255 e. The zero-order valence-electron chi connectivity index (χ0n) is 15.7. The highest BCUT2D eigenvalue weighted by atomic mass is 79.9. The van der Waals surface area contributed by atoms with Crippen LogP contribution in [0.5, 0.6) is 0 Å². The minimum atomic E-state index is -0.519. The van der Waals surface area contributed by atoms with Crippen molar-refractivity contribution in [2.45, 2.75) is 25.8 Å². The molecule has 0 saturated carbocycles. The van der Waals surface area contributed by atoms with Gasteiger partial charge in [-0.25, -0.2) is 4.39 Å². The first-order valence-corrected chi connectivity index (χ1v) is 10.2. The Morgan fingerprint density at radius 1 is 1.21 bits per heavy atom. The van der Waals surface area contributed by atoms with Crippen LogP contribution in [0.25, 0.3) is 0 Å². The number of amides is 2. The highest BCUT2D eigenvalue weighted by Crippen LogP contribution is 2.20. The molecule has 0 spiro atoms. The minimum Gasteiger partial charge on any atom is -0.350 e. The number of carbonyl (C=O) groups excluding carboxylic acids is 2. The maximum absolute atomic E-state index is 13.8. The summed E-state index contributed by atoms with van der Waals surface area (Å²) in [5.74, 6) is -1.25. The van der Waals surface area contributed by atoms with Gasteiger partial charge in [-0.1, -0.05) is 28.9 Å². The molecule has 1 atom stereocenters. The van der Waals surface area contributed by atoms with Crippen molar-refractivity contribution in [3.05, 3.63) is 63.9 Å². The van der Waals surface area contributed by atoms with Crippen LogP contribution in [0.3, 0.4) is 0 Å². The maximum atomic E-state index is 13.8. The van der Waals surface area contributed by atoms with Gasteiger partial charge in [-0.2, -0.15) is 0 Å². The van der Waals surface area contributed by atoms with E-state index in [1.807, 2.05) is 0 Å². The molecule has 1 heterocycles. The molecule has 1 unspecified atom stereocenters. The highest BCUT2D eigenvalue weighted by molar-refractivity contribution is 9.10. The molecule has 1 fully saturated rings. The molecule has 3 rings (SSSR count). The number of carbonyl (C=O) groups is 2. The lowest BCUT2D eigenvalue weighted by molar-refractivity contribution is 0.0942. The summed E-state index contributed by atoms with van der Waals surface area (Å²) in [5, 5.41) is 5.58. The molecule has 0 aliphatic carbocycles. The van der Waals surface area contributed by atoms with Crippen molar-refractivity contribution in [1.82, 2.24) is 10.2 Å². The van der Waals surface area contributed by atoms with Crippen molar-refractivity contribution in [2.24, 2.45) is 0 Å². The summed E-state index contributed by atoms with van der Waals surface area (Å²) in [6, 6.07) is 10.9. The molecule has 1 saturated heterocycles. The van der Waals surface area contributed by atoms with Crippen LogP contribution in [-0.2, 0) is 0 Å². The van der Waals surface area contributed by atoms with Gasteiger partial charge in [0, 0.05) is 22.6 Å². The first-order valence-electron chi connectivity index (χ1n) is 9.36. The third-order valence-corrected chi connectivity index (χ3v) is 5.46. The lowest BCUT2D eigenvalue weighted by Gasteiger charge is -2.23. The van der Waals surface area contributed by atoms with Crippen molar-refractivity contribution < 1.29 is 14.0 Å². The molecule has 7 heteroatoms. The van der Waals surface area contributed by atoms with Crippen LogP contribution in [0.1, 0.15) is 40.5 Å². The molecule has 28 heavy (non-hydrogen) atoms. The number of nitrogens with one attached hydrogen (secondary N) is 2. The van der Waals surface area contributed by atoms with E-state index in [4.69, 9.17) is 0 Å². The van der Waals surface area contributed by atoms with E-state index < -0.39 is 11.7 Å². The number of likely N-dealkylation sites (N-methyl/N-ethyl adjacent to an activating group) is 1. The second-order valence-electron chi connectivity index (χ2n) is 6.79. The SMILES string of the molecule is CCN1CCCC1CNC(=O)c1ccc(F)cc1NC(=O)c1cccc(Br)c1. The number of halogens is 2. The van der Waals surface area contributed by atoms with Crippen LogP contribution < -0.4 is 10.6 Å². The average molecular weight is 448 g/mol. The van der Waals surface area contributed by atoms with Crippen molar-refractivity contribution in [3.8, 4) is 0 Å². The van der Waals surface area contributed by atoms with E-state index in [2.05, 4.69) is 38.4 Å². The zero-order chi connectivity index (χ0) is 20.1. The number of benzene rings is 2. The molecule has 0 aromatic heterocycles. The van der Waals surface area contributed by atoms with Crippen LogP contribution >= 0.6 is 15.9 Å². The summed E-state index contributed by atoms with van der Waals surface area (Å²) in [6.07, 6.45) is 2.17. The zero-order valence-corrected chi connectivity index (χ0v) is 17.3. The first-order chi connectivity index (χ1) is 13.5. The lowest BCUT2D eigenvalue weighted by Crippen LogP contribution is -2.40. The van der Waals surface area contributed by atoms with E-state index >= 15 is 0 Å². The summed E-state index contributed by atoms with van der Waals surface area (Å²) < 4.78 is 14.5. The molecule has 1 aliphatic rings. The normalized spacial score (nSPS) is 16.8. The Morgan fingerprint density at radius 3 is 2.79 bits per heavy atom. The fourth-order valence-electron chi connectivity index (χ4n) is 3.49. The van der Waals surface area contributed by atoms with E-state index in [1.165, 1.54) is 18.2 Å². The topological polar surface area (TPSA) is 61.4 Å². The van der Waals surface area contributed by atoms with Gasteiger partial charge in [0.2, 0.25) is 0 Å². The molecular weight excluding hydrogens is 425 g/mol. The largest absolute Gasteiger partial charge is 0.350 e. The molecule has 1 aliphatic heterocycles. The fourth-order valence-corrected chi connectivity index (χ4v) is 3.89. The molecule has 2 N–H and O–H groups in total. The van der Waals surface area contributed by atoms with Crippen molar-refractivity contribution in [1.29, 1.82) is 0 Å². The third kappa shape index (κ3) is 4.97. The standard InChI is InChI=1S/C21H23BrFN3O2/c1-2-26-10-4-7-17(26)13-24-21(28)18-9-8-16(23)12-19(18)25-20(27)14-5-3-6-15(22)11-14/h3,5-6,8-9,11-12,17H,2,4,7,10,13H2,1H3,(H,24,28)(H,25,27). The molecule has 148 valence electrons. The number of rotatable bonds is 6. The van der Waals surface area contributed by atoms with E-state index in [1.54, 1.807) is 24.3 Å². The summed E-state index contributed by atoms with van der Waals surface area (Å²) >= 11 is 3.32. The number of hydrogen-bond acceptors (Lipinski definition) is 3. The van der Waals surface area contributed by atoms with Gasteiger partial charge in [0.1, 0.15) is 5.82 Å². The quantitative estimate of drug-likeness (QED) is 0.701. The Morgan fingerprint density at radius 2 is 2.04 bits per heavy atom. The third-order valence-electron chi connectivity index (χ3n) is 4.96. The average Bonchev–Trinajstić information content (AvgIpc) is 3.14. The molecule has 2 amide bonds. The Bertz CT molecular complexity index is 874. The number of nitrogens with zero attached hydrogens (tertiary/aromatic N) is 1. The predicted molar refractivity (Wildman–Crippen MR) is 111 cm³/mol. The van der Waals surface area contributed by atoms with Gasteiger partial charge in [-0.15, -0.1) is 0 Å². The summed E-state index contributed by atoms with van der Waals surface area (Å²) in [5.41, 5.74) is 0.807. The Hall–Kier alpha value is -2.25. The van der Waals surface area contributed by atoms with Crippen LogP contribution in [0.4, 0.5) is 10.1 Å². The van der Waals surface area contributed by atoms with E-state index in [9.17, 15) is 14.0 Å². The molecule has 5 nitrogen and oxygen atoms in total. The number of hydrogen-bond donors (Lipinski definition) is 2.